The average Bonchev–Trinajstić information content (AvgIpc) is 2.00. The fraction of sp³-hybridized carbons (Fsp3) is 0.286. The van der Waals surface area contributed by atoms with E-state index < -0.39 is 6.43 Å². The lowest BCUT2D eigenvalue weighted by atomic mass is 10.2. The van der Waals surface area contributed by atoms with Crippen LogP contribution in [0.1, 0.15) is 17.7 Å². The van der Waals surface area contributed by atoms with Crippen molar-refractivity contribution in [3.63, 3.8) is 0 Å². The van der Waals surface area contributed by atoms with Crippen molar-refractivity contribution < 1.29 is 8.78 Å². The SMILES string of the molecule is Cc1c(C(F)F)ncc(I)c1Br. The molecule has 5 heteroatoms. The van der Waals surface area contributed by atoms with E-state index in [1.807, 2.05) is 22.6 Å². The predicted octanol–water partition coefficient (Wildman–Crippen LogP) is 3.69. The molecule has 12 heavy (non-hydrogen) atoms. The van der Waals surface area contributed by atoms with E-state index in [4.69, 9.17) is 0 Å². The van der Waals surface area contributed by atoms with Gasteiger partial charge in [-0.1, -0.05) is 0 Å². The molecule has 0 amide bonds. The van der Waals surface area contributed by atoms with Crippen molar-refractivity contribution in [2.24, 2.45) is 0 Å². The monoisotopic (exact) mass is 347 g/mol. The summed E-state index contributed by atoms with van der Waals surface area (Å²) >= 11 is 5.25. The first-order valence-corrected chi connectivity index (χ1v) is 5.00. The van der Waals surface area contributed by atoms with Crippen LogP contribution >= 0.6 is 38.5 Å². The summed E-state index contributed by atoms with van der Waals surface area (Å²) in [5.41, 5.74) is 0.360. The first kappa shape index (κ1) is 10.3. The van der Waals surface area contributed by atoms with Crippen molar-refractivity contribution in [3.8, 4) is 0 Å². The molecule has 1 heterocycles. The van der Waals surface area contributed by atoms with Gasteiger partial charge in [0.05, 0.1) is 0 Å². The molecule has 1 aromatic heterocycles. The number of nitrogens with zero attached hydrogens (tertiary/aromatic N) is 1. The predicted molar refractivity (Wildman–Crippen MR) is 54.3 cm³/mol. The highest BCUT2D eigenvalue weighted by molar-refractivity contribution is 14.1. The van der Waals surface area contributed by atoms with Gasteiger partial charge in [0.25, 0.3) is 6.43 Å². The van der Waals surface area contributed by atoms with Gasteiger partial charge in [-0.05, 0) is 51.0 Å². The van der Waals surface area contributed by atoms with Gasteiger partial charge >= 0.3 is 0 Å². The summed E-state index contributed by atoms with van der Waals surface area (Å²) < 4.78 is 26.1. The summed E-state index contributed by atoms with van der Waals surface area (Å²) in [5.74, 6) is 0. The zero-order valence-corrected chi connectivity index (χ0v) is 9.86. The third kappa shape index (κ3) is 1.93. The van der Waals surface area contributed by atoms with Crippen LogP contribution < -0.4 is 0 Å². The highest BCUT2D eigenvalue weighted by Gasteiger charge is 2.15. The molecule has 0 unspecified atom stereocenters. The van der Waals surface area contributed by atoms with Crippen LogP contribution in [0.4, 0.5) is 8.78 Å². The zero-order valence-electron chi connectivity index (χ0n) is 6.11. The summed E-state index contributed by atoms with van der Waals surface area (Å²) in [7, 11) is 0. The van der Waals surface area contributed by atoms with Crippen LogP contribution in [0, 0.1) is 10.5 Å². The van der Waals surface area contributed by atoms with Gasteiger partial charge in [-0.15, -0.1) is 0 Å². The number of hydrogen-bond donors (Lipinski definition) is 0. The highest BCUT2D eigenvalue weighted by Crippen LogP contribution is 2.28. The van der Waals surface area contributed by atoms with Crippen LogP contribution in [0.2, 0.25) is 0 Å². The lowest BCUT2D eigenvalue weighted by Gasteiger charge is -2.06. The van der Waals surface area contributed by atoms with Gasteiger partial charge < -0.3 is 0 Å². The normalized spacial score (nSPS) is 10.8. The molecule has 0 fully saturated rings. The van der Waals surface area contributed by atoms with Gasteiger partial charge in [-0.25, -0.2) is 8.78 Å². The molecule has 0 saturated heterocycles. The van der Waals surface area contributed by atoms with Gasteiger partial charge in [0.15, 0.2) is 0 Å². The maximum atomic E-state index is 12.3. The molecule has 0 aliphatic carbocycles. The van der Waals surface area contributed by atoms with E-state index in [-0.39, 0.29) is 5.69 Å². The molecular weight excluding hydrogens is 343 g/mol. The summed E-state index contributed by atoms with van der Waals surface area (Å²) in [4.78, 5) is 3.65. The van der Waals surface area contributed by atoms with Crippen molar-refractivity contribution in [1.29, 1.82) is 0 Å². The van der Waals surface area contributed by atoms with E-state index in [0.717, 1.165) is 3.57 Å². The smallest absolute Gasteiger partial charge is 0.254 e. The molecule has 1 aromatic rings. The maximum absolute atomic E-state index is 12.3. The van der Waals surface area contributed by atoms with E-state index in [9.17, 15) is 8.78 Å². The Morgan fingerprint density at radius 1 is 1.58 bits per heavy atom. The van der Waals surface area contributed by atoms with Gasteiger partial charge in [0.2, 0.25) is 0 Å². The Morgan fingerprint density at radius 3 is 2.67 bits per heavy atom. The molecule has 0 spiro atoms. The van der Waals surface area contributed by atoms with Crippen LogP contribution in [-0.2, 0) is 0 Å². The summed E-state index contributed by atoms with van der Waals surface area (Å²) in [6.45, 7) is 1.63. The number of aromatic nitrogens is 1. The van der Waals surface area contributed by atoms with Crippen molar-refractivity contribution in [2.75, 3.05) is 0 Å². The van der Waals surface area contributed by atoms with E-state index in [1.165, 1.54) is 6.20 Å². The maximum Gasteiger partial charge on any atom is 0.280 e. The van der Waals surface area contributed by atoms with Crippen molar-refractivity contribution in [2.45, 2.75) is 13.3 Å². The van der Waals surface area contributed by atoms with Crippen LogP contribution in [0.15, 0.2) is 10.7 Å². The molecule has 66 valence electrons. The number of rotatable bonds is 1. The lowest BCUT2D eigenvalue weighted by Crippen LogP contribution is -1.96. The van der Waals surface area contributed by atoms with Crippen LogP contribution in [0.3, 0.4) is 0 Å². The second-order valence-corrected chi connectivity index (χ2v) is 4.19. The van der Waals surface area contributed by atoms with Crippen LogP contribution in [-0.4, -0.2) is 4.98 Å². The Labute approximate surface area is 90.8 Å². The number of alkyl halides is 2. The average molecular weight is 348 g/mol. The van der Waals surface area contributed by atoms with E-state index >= 15 is 0 Å². The summed E-state index contributed by atoms with van der Waals surface area (Å²) in [6, 6.07) is 0. The first-order chi connectivity index (χ1) is 5.54. The Balaban J connectivity index is 3.27. The molecule has 0 radical (unpaired) electrons. The van der Waals surface area contributed by atoms with Crippen molar-refractivity contribution in [3.05, 3.63) is 25.5 Å². The first-order valence-electron chi connectivity index (χ1n) is 3.12. The van der Waals surface area contributed by atoms with E-state index in [2.05, 4.69) is 20.9 Å². The van der Waals surface area contributed by atoms with Gasteiger partial charge in [-0.3, -0.25) is 4.98 Å². The quantitative estimate of drug-likeness (QED) is 0.706. The molecule has 1 nitrogen and oxygen atoms in total. The molecule has 0 aromatic carbocycles. The highest BCUT2D eigenvalue weighted by atomic mass is 127. The van der Waals surface area contributed by atoms with Gasteiger partial charge in [-0.2, -0.15) is 0 Å². The third-order valence-electron chi connectivity index (χ3n) is 1.45. The minimum Gasteiger partial charge on any atom is -0.254 e. The topological polar surface area (TPSA) is 12.9 Å². The third-order valence-corrected chi connectivity index (χ3v) is 4.03. The Kier molecular flexibility index (Phi) is 3.39. The van der Waals surface area contributed by atoms with Crippen molar-refractivity contribution in [1.82, 2.24) is 4.98 Å². The van der Waals surface area contributed by atoms with Crippen LogP contribution in [0.25, 0.3) is 0 Å². The second kappa shape index (κ2) is 3.95. The molecule has 0 bridgehead atoms. The van der Waals surface area contributed by atoms with Crippen molar-refractivity contribution >= 4 is 38.5 Å². The summed E-state index contributed by atoms with van der Waals surface area (Å²) in [5, 5.41) is 0. The van der Waals surface area contributed by atoms with Gasteiger partial charge in [0.1, 0.15) is 5.69 Å². The fourth-order valence-corrected chi connectivity index (χ4v) is 1.64. The summed E-state index contributed by atoms with van der Waals surface area (Å²) in [6.07, 6.45) is -1.07. The molecule has 0 atom stereocenters. The minimum atomic E-state index is -2.50. The standard InChI is InChI=1S/C7H5BrF2IN/c1-3-5(8)4(11)2-12-6(3)7(9)10/h2,7H,1H3. The molecule has 1 rings (SSSR count). The lowest BCUT2D eigenvalue weighted by molar-refractivity contribution is 0.145. The number of pyridine rings is 1. The Morgan fingerprint density at radius 2 is 2.17 bits per heavy atom. The Bertz CT molecular complexity index is 304. The largest absolute Gasteiger partial charge is 0.280 e. The molecular formula is C7H5BrF2IN. The minimum absolute atomic E-state index is 0.151. The molecule has 0 aliphatic heterocycles. The fourth-order valence-electron chi connectivity index (χ4n) is 0.791. The number of halogens is 4. The van der Waals surface area contributed by atoms with Gasteiger partial charge in [0, 0.05) is 14.2 Å². The number of hydrogen-bond acceptors (Lipinski definition) is 1. The molecule has 0 aliphatic rings. The molecule has 0 N–H and O–H groups in total. The van der Waals surface area contributed by atoms with E-state index in [1.54, 1.807) is 6.92 Å². The Hall–Kier alpha value is 0.220. The second-order valence-electron chi connectivity index (χ2n) is 2.23. The zero-order chi connectivity index (χ0) is 9.30. The molecule has 0 saturated carbocycles. The van der Waals surface area contributed by atoms with Crippen LogP contribution in [0.5, 0.6) is 0 Å². The van der Waals surface area contributed by atoms with E-state index in [0.29, 0.717) is 10.0 Å².